The Hall–Kier alpha value is -4.36. The van der Waals surface area contributed by atoms with Crippen LogP contribution in [0.5, 0.6) is 11.5 Å². The van der Waals surface area contributed by atoms with E-state index >= 15 is 0 Å². The van der Waals surface area contributed by atoms with Crippen molar-refractivity contribution in [2.75, 3.05) is 25.1 Å². The molecular weight excluding hydrogens is 636 g/mol. The summed E-state index contributed by atoms with van der Waals surface area (Å²) in [6, 6.07) is 13.6. The van der Waals surface area contributed by atoms with Crippen LogP contribution < -0.4 is 19.1 Å². The molecule has 3 aromatic carbocycles. The van der Waals surface area contributed by atoms with Crippen molar-refractivity contribution in [2.24, 2.45) is 0 Å². The average Bonchev–Trinajstić information content (AvgIpc) is 3.03. The molecule has 0 bridgehead atoms. The van der Waals surface area contributed by atoms with E-state index in [0.717, 1.165) is 10.4 Å². The third kappa shape index (κ3) is 8.46. The second kappa shape index (κ2) is 15.8. The van der Waals surface area contributed by atoms with Gasteiger partial charge in [0, 0.05) is 29.2 Å². The second-order valence-electron chi connectivity index (χ2n) is 10.6. The molecule has 0 aliphatic heterocycles. The van der Waals surface area contributed by atoms with Crippen LogP contribution in [0.3, 0.4) is 0 Å². The van der Waals surface area contributed by atoms with Crippen LogP contribution in [0.1, 0.15) is 44.7 Å². The number of nitro groups is 1. The zero-order chi connectivity index (χ0) is 34.2. The van der Waals surface area contributed by atoms with Crippen LogP contribution in [0.25, 0.3) is 0 Å². The Balaban J connectivity index is 2.20. The number of carbonyl (C=O) groups excluding carboxylic acids is 2. The molecule has 0 aliphatic carbocycles. The molecule has 0 saturated carbocycles. The van der Waals surface area contributed by atoms with Gasteiger partial charge >= 0.3 is 0 Å². The molecule has 0 aliphatic rings. The van der Waals surface area contributed by atoms with E-state index in [1.54, 1.807) is 31.2 Å². The number of nitro benzene ring substituents is 1. The van der Waals surface area contributed by atoms with E-state index in [1.165, 1.54) is 56.4 Å². The number of benzene rings is 3. The van der Waals surface area contributed by atoms with Gasteiger partial charge in [0.05, 0.1) is 29.7 Å². The minimum Gasteiger partial charge on any atom is -0.497 e. The molecule has 46 heavy (non-hydrogen) atoms. The van der Waals surface area contributed by atoms with Crippen molar-refractivity contribution in [1.29, 1.82) is 0 Å². The lowest BCUT2D eigenvalue weighted by Gasteiger charge is -2.34. The molecule has 248 valence electrons. The standard InChI is InChI=1S/C32H39ClN4O8S/c1-7-22(4)34-32(39)27(8-2)35(19-23-10-9-11-25(16-23)44-5)31(38)20-36(29-17-24(33)13-15-30(29)45-6)46(42,43)26-14-12-21(3)28(18-26)37(40)41/h9-18,22,27H,7-8,19-20H2,1-6H3,(H,34,39). The zero-order valence-electron chi connectivity index (χ0n) is 26.7. The Morgan fingerprint density at radius 2 is 1.74 bits per heavy atom. The molecule has 1 N–H and O–H groups in total. The quantitative estimate of drug-likeness (QED) is 0.164. The number of amides is 2. The topological polar surface area (TPSA) is 148 Å². The lowest BCUT2D eigenvalue weighted by atomic mass is 10.1. The fourth-order valence-corrected chi connectivity index (χ4v) is 6.38. The Bertz CT molecular complexity index is 1680. The molecule has 0 heterocycles. The van der Waals surface area contributed by atoms with E-state index in [1.807, 2.05) is 13.8 Å². The number of carbonyl (C=O) groups is 2. The van der Waals surface area contributed by atoms with Crippen LogP contribution >= 0.6 is 11.6 Å². The summed E-state index contributed by atoms with van der Waals surface area (Å²) in [5.74, 6) is -0.475. The molecule has 0 fully saturated rings. The Labute approximate surface area is 274 Å². The minimum atomic E-state index is -4.64. The number of nitrogens with one attached hydrogen (secondary N) is 1. The summed E-state index contributed by atoms with van der Waals surface area (Å²) in [4.78, 5) is 39.8. The normalized spacial score (nSPS) is 12.5. The number of nitrogens with zero attached hydrogens (tertiary/aromatic N) is 3. The first-order valence-electron chi connectivity index (χ1n) is 14.6. The van der Waals surface area contributed by atoms with Gasteiger partial charge in [-0.1, -0.05) is 43.6 Å². The number of aryl methyl sites for hydroxylation is 1. The Morgan fingerprint density at radius 1 is 1.02 bits per heavy atom. The fourth-order valence-electron chi connectivity index (χ4n) is 4.77. The lowest BCUT2D eigenvalue weighted by molar-refractivity contribution is -0.385. The highest BCUT2D eigenvalue weighted by Crippen LogP contribution is 2.36. The molecule has 3 rings (SSSR count). The maximum Gasteiger partial charge on any atom is 0.273 e. The fraction of sp³-hybridized carbons (Fsp3) is 0.375. The van der Waals surface area contributed by atoms with Crippen molar-refractivity contribution in [3.8, 4) is 11.5 Å². The van der Waals surface area contributed by atoms with Crippen LogP contribution in [0, 0.1) is 17.0 Å². The maximum atomic E-state index is 14.4. The summed E-state index contributed by atoms with van der Waals surface area (Å²) < 4.78 is 40.2. The molecule has 2 unspecified atom stereocenters. The SMILES string of the molecule is CCC(C)NC(=O)C(CC)N(Cc1cccc(OC)c1)C(=O)CN(c1cc(Cl)ccc1OC)S(=O)(=O)c1ccc(C)c([N+](=O)[O-])c1. The number of hydrogen-bond donors (Lipinski definition) is 1. The number of methoxy groups -OCH3 is 2. The van der Waals surface area contributed by atoms with Gasteiger partial charge < -0.3 is 19.7 Å². The highest BCUT2D eigenvalue weighted by molar-refractivity contribution is 7.92. The van der Waals surface area contributed by atoms with Crippen molar-refractivity contribution < 1.29 is 32.4 Å². The van der Waals surface area contributed by atoms with E-state index in [9.17, 15) is 28.1 Å². The third-order valence-electron chi connectivity index (χ3n) is 7.53. The molecule has 0 saturated heterocycles. The van der Waals surface area contributed by atoms with Crippen molar-refractivity contribution in [3.05, 3.63) is 86.9 Å². The number of halogens is 1. The predicted molar refractivity (Wildman–Crippen MR) is 176 cm³/mol. The van der Waals surface area contributed by atoms with Gasteiger partial charge in [-0.05, 0) is 68.7 Å². The molecule has 3 aromatic rings. The van der Waals surface area contributed by atoms with Gasteiger partial charge in [0.15, 0.2) is 0 Å². The molecule has 2 amide bonds. The van der Waals surface area contributed by atoms with Crippen LogP contribution in [0.2, 0.25) is 5.02 Å². The van der Waals surface area contributed by atoms with Crippen LogP contribution in [-0.4, -0.2) is 62.9 Å². The molecule has 0 radical (unpaired) electrons. The van der Waals surface area contributed by atoms with E-state index < -0.39 is 49.9 Å². The Morgan fingerprint density at radius 3 is 2.35 bits per heavy atom. The number of rotatable bonds is 15. The summed E-state index contributed by atoms with van der Waals surface area (Å²) in [6.45, 7) is 6.19. The van der Waals surface area contributed by atoms with Gasteiger partial charge in [-0.15, -0.1) is 0 Å². The summed E-state index contributed by atoms with van der Waals surface area (Å²) >= 11 is 6.29. The van der Waals surface area contributed by atoms with Crippen LogP contribution in [0.4, 0.5) is 11.4 Å². The van der Waals surface area contributed by atoms with Gasteiger partial charge in [-0.3, -0.25) is 24.0 Å². The van der Waals surface area contributed by atoms with E-state index in [0.29, 0.717) is 17.7 Å². The summed E-state index contributed by atoms with van der Waals surface area (Å²) in [7, 11) is -1.80. The molecule has 2 atom stereocenters. The van der Waals surface area contributed by atoms with Crippen molar-refractivity contribution in [2.45, 2.75) is 64.1 Å². The van der Waals surface area contributed by atoms with E-state index in [2.05, 4.69) is 5.32 Å². The molecule has 0 aromatic heterocycles. The largest absolute Gasteiger partial charge is 0.497 e. The first kappa shape index (κ1) is 36.1. The number of sulfonamides is 1. The van der Waals surface area contributed by atoms with Gasteiger partial charge in [-0.2, -0.15) is 0 Å². The number of anilines is 1. The van der Waals surface area contributed by atoms with Gasteiger partial charge in [0.25, 0.3) is 15.7 Å². The highest BCUT2D eigenvalue weighted by atomic mass is 35.5. The van der Waals surface area contributed by atoms with Gasteiger partial charge in [0.2, 0.25) is 11.8 Å². The maximum absolute atomic E-state index is 14.4. The first-order chi connectivity index (χ1) is 21.8. The predicted octanol–water partition coefficient (Wildman–Crippen LogP) is 5.49. The van der Waals surface area contributed by atoms with E-state index in [4.69, 9.17) is 21.1 Å². The smallest absolute Gasteiger partial charge is 0.273 e. The van der Waals surface area contributed by atoms with Gasteiger partial charge in [0.1, 0.15) is 24.1 Å². The summed E-state index contributed by atoms with van der Waals surface area (Å²) in [5.41, 5.74) is 0.434. The van der Waals surface area contributed by atoms with Gasteiger partial charge in [-0.25, -0.2) is 8.42 Å². The third-order valence-corrected chi connectivity index (χ3v) is 9.52. The van der Waals surface area contributed by atoms with Crippen molar-refractivity contribution in [1.82, 2.24) is 10.2 Å². The van der Waals surface area contributed by atoms with Crippen molar-refractivity contribution in [3.63, 3.8) is 0 Å². The minimum absolute atomic E-state index is 0.0426. The van der Waals surface area contributed by atoms with Crippen molar-refractivity contribution >= 4 is 44.8 Å². The second-order valence-corrected chi connectivity index (χ2v) is 12.9. The van der Waals surface area contributed by atoms with Crippen LogP contribution in [-0.2, 0) is 26.2 Å². The Kier molecular flexibility index (Phi) is 12.4. The summed E-state index contributed by atoms with van der Waals surface area (Å²) in [5, 5.41) is 14.8. The average molecular weight is 675 g/mol. The molecular formula is C32H39ClN4O8S. The number of ether oxygens (including phenoxy) is 2. The molecule has 12 nitrogen and oxygen atoms in total. The monoisotopic (exact) mass is 674 g/mol. The first-order valence-corrected chi connectivity index (χ1v) is 16.4. The van der Waals surface area contributed by atoms with E-state index in [-0.39, 0.29) is 41.0 Å². The molecule has 0 spiro atoms. The van der Waals surface area contributed by atoms with Crippen LogP contribution in [0.15, 0.2) is 65.6 Å². The number of hydrogen-bond acceptors (Lipinski definition) is 8. The highest BCUT2D eigenvalue weighted by Gasteiger charge is 2.36. The zero-order valence-corrected chi connectivity index (χ0v) is 28.2. The lowest BCUT2D eigenvalue weighted by Crippen LogP contribution is -2.53. The summed E-state index contributed by atoms with van der Waals surface area (Å²) in [6.07, 6.45) is 0.893. The molecule has 14 heteroatoms.